The highest BCUT2D eigenvalue weighted by atomic mass is 31.2. The molecule has 0 saturated carbocycles. The summed E-state index contributed by atoms with van der Waals surface area (Å²) in [5.41, 5.74) is 8.90. The fourth-order valence-corrected chi connectivity index (χ4v) is 8.02. The van der Waals surface area contributed by atoms with E-state index in [0.717, 1.165) is 40.1 Å². The largest absolute Gasteiger partial charge is 0.779 e. The van der Waals surface area contributed by atoms with Gasteiger partial charge in [0, 0.05) is 13.8 Å². The van der Waals surface area contributed by atoms with Gasteiger partial charge in [-0.3, -0.25) is 9.05 Å². The highest BCUT2D eigenvalue weighted by Crippen LogP contribution is 2.50. The second-order valence-corrected chi connectivity index (χ2v) is 18.5. The van der Waals surface area contributed by atoms with Crippen LogP contribution in [0.25, 0.3) is 0 Å². The summed E-state index contributed by atoms with van der Waals surface area (Å²) in [4.78, 5) is 21.4. The van der Waals surface area contributed by atoms with Gasteiger partial charge in [-0.1, -0.05) is 146 Å². The molecule has 2 aliphatic carbocycles. The van der Waals surface area contributed by atoms with E-state index in [1.54, 1.807) is 0 Å². The van der Waals surface area contributed by atoms with Gasteiger partial charge in [0.1, 0.15) is 7.60 Å². The normalized spacial score (nSPS) is 25.3. The quantitative estimate of drug-likeness (QED) is 0.132. The van der Waals surface area contributed by atoms with E-state index in [4.69, 9.17) is 9.05 Å². The summed E-state index contributed by atoms with van der Waals surface area (Å²) in [7, 11) is -6.60. The number of phosphoric ester groups is 1. The molecule has 0 aromatic carbocycles. The Morgan fingerprint density at radius 3 is 1.39 bits per heavy atom. The van der Waals surface area contributed by atoms with Gasteiger partial charge in [-0.2, -0.15) is 0 Å². The van der Waals surface area contributed by atoms with Crippen molar-refractivity contribution in [2.45, 2.75) is 107 Å². The Kier molecular flexibility index (Phi) is 17.0. The summed E-state index contributed by atoms with van der Waals surface area (Å²) < 4.78 is 38.9. The van der Waals surface area contributed by atoms with Gasteiger partial charge in [0.05, 0.1) is 12.2 Å². The van der Waals surface area contributed by atoms with Gasteiger partial charge >= 0.3 is 7.82 Å². The monoisotopic (exact) mass is 739 g/mol. The first kappa shape index (κ1) is 44.6. The molecule has 0 aliphatic heterocycles. The summed E-state index contributed by atoms with van der Waals surface area (Å²) in [5, 5.41) is 0. The molecule has 9 heteroatoms. The number of rotatable bonds is 15. The Bertz CT molecular complexity index is 1680. The van der Waals surface area contributed by atoms with Crippen molar-refractivity contribution in [1.29, 1.82) is 0 Å². The molecule has 282 valence electrons. The highest BCUT2D eigenvalue weighted by Gasteiger charge is 2.37. The third-order valence-electron chi connectivity index (χ3n) is 9.07. The maximum absolute atomic E-state index is 11.9. The van der Waals surface area contributed by atoms with Crippen LogP contribution in [-0.2, 0) is 22.7 Å². The Balaban J connectivity index is 1.94. The van der Waals surface area contributed by atoms with Crippen molar-refractivity contribution in [3.05, 3.63) is 130 Å². The minimum atomic E-state index is -4.02. The zero-order valence-electron chi connectivity index (χ0n) is 32.9. The van der Waals surface area contributed by atoms with Crippen LogP contribution in [0.15, 0.2) is 130 Å². The predicted octanol–water partition coefficient (Wildman–Crippen LogP) is 11.5. The smallest absolute Gasteiger partial charge is 0.472 e. The van der Waals surface area contributed by atoms with Crippen LogP contribution in [0.4, 0.5) is 0 Å². The molecule has 2 rings (SSSR count). The van der Waals surface area contributed by atoms with E-state index in [9.17, 15) is 18.9 Å². The molecule has 4 unspecified atom stereocenters. The molecule has 0 aromatic rings. The van der Waals surface area contributed by atoms with E-state index in [-0.39, 0.29) is 23.0 Å². The summed E-state index contributed by atoms with van der Waals surface area (Å²) in [6.07, 6.45) is 31.0. The molecule has 0 bridgehead atoms. The van der Waals surface area contributed by atoms with Crippen molar-refractivity contribution < 1.29 is 32.5 Å². The number of hydrogen-bond donors (Lipinski definition) is 1. The molecular formula is C42H61O7P2-. The van der Waals surface area contributed by atoms with Crippen LogP contribution in [0.5, 0.6) is 0 Å². The lowest BCUT2D eigenvalue weighted by Gasteiger charge is -2.39. The van der Waals surface area contributed by atoms with Gasteiger partial charge < -0.3 is 18.9 Å². The maximum Gasteiger partial charge on any atom is 0.472 e. The van der Waals surface area contributed by atoms with E-state index in [0.29, 0.717) is 25.7 Å². The Hall–Kier alpha value is -2.60. The average Bonchev–Trinajstić information content (AvgIpc) is 2.96. The number of hydrogen-bond acceptors (Lipinski definition) is 6. The fourth-order valence-electron chi connectivity index (χ4n) is 6.72. The summed E-state index contributed by atoms with van der Waals surface area (Å²) in [6, 6.07) is 0. The lowest BCUT2D eigenvalue weighted by Crippen LogP contribution is -2.30. The first-order chi connectivity index (χ1) is 23.5. The first-order valence-corrected chi connectivity index (χ1v) is 21.0. The highest BCUT2D eigenvalue weighted by molar-refractivity contribution is 7.50. The summed E-state index contributed by atoms with van der Waals surface area (Å²) in [6.45, 7) is 22.1. The molecular weight excluding hydrogens is 678 g/mol. The molecule has 4 atom stereocenters. The second kappa shape index (κ2) is 19.5. The van der Waals surface area contributed by atoms with Gasteiger partial charge in [-0.05, 0) is 89.2 Å². The maximum atomic E-state index is 11.9. The third kappa shape index (κ3) is 16.3. The van der Waals surface area contributed by atoms with E-state index < -0.39 is 15.4 Å². The van der Waals surface area contributed by atoms with Crippen molar-refractivity contribution in [3.63, 3.8) is 0 Å². The standard InChI is InChI=1S/C42H62O7P2/c1-31(19-15-21-33(3)23-25-39-35(5)27-37(29-41(39,7)8)48-50(12,43)44)17-13-14-18-32(2)20-16-22-34(4)24-26-40-36(6)28-38(30-42(40,9)10)49-51(45,46)47-11/h13-26,37-38H,27-30H2,1-12H3,(H,43,44)(H,45,46)/p-1/b14-13+,19-15+,20-16+,25-23+,26-24+,31-17+,32-18+,33-21+,34-22+. The third-order valence-corrected chi connectivity index (χ3v) is 10.8. The minimum absolute atomic E-state index is 0.175. The molecule has 2 aliphatic rings. The van der Waals surface area contributed by atoms with Crippen LogP contribution in [0, 0.1) is 10.8 Å². The van der Waals surface area contributed by atoms with Crippen molar-refractivity contribution >= 4 is 15.4 Å². The molecule has 51 heavy (non-hydrogen) atoms. The molecule has 0 fully saturated rings. The van der Waals surface area contributed by atoms with Crippen LogP contribution in [-0.4, -0.2) is 30.9 Å². The topological polar surface area (TPSA) is 105 Å². The van der Waals surface area contributed by atoms with Crippen LogP contribution in [0.3, 0.4) is 0 Å². The van der Waals surface area contributed by atoms with E-state index >= 15 is 0 Å². The fraction of sp³-hybridized carbons (Fsp3) is 0.476. The van der Waals surface area contributed by atoms with Crippen molar-refractivity contribution in [2.75, 3.05) is 13.8 Å². The number of phosphoric acid groups is 1. The van der Waals surface area contributed by atoms with Crippen LogP contribution >= 0.6 is 15.4 Å². The van der Waals surface area contributed by atoms with Gasteiger partial charge in [-0.15, -0.1) is 0 Å². The predicted molar refractivity (Wildman–Crippen MR) is 212 cm³/mol. The SMILES string of the molecule is COP(=O)(O)OC1CC(C)=C(/C=C/C(C)=C/C=C/C(C)=C/C=C/C=C(C)/C=C/C=C(C)/C=C/C2=C(C)CC(OP(C)(=O)[O-])CC2(C)C)C(C)(C)C1. The molecule has 0 spiro atoms. The molecule has 0 radical (unpaired) electrons. The van der Waals surface area contributed by atoms with Gasteiger partial charge in [0.15, 0.2) is 0 Å². The lowest BCUT2D eigenvalue weighted by molar-refractivity contribution is -0.201. The van der Waals surface area contributed by atoms with Crippen LogP contribution in [0.2, 0.25) is 0 Å². The first-order valence-electron chi connectivity index (χ1n) is 17.6. The van der Waals surface area contributed by atoms with Gasteiger partial charge in [0.25, 0.3) is 0 Å². The van der Waals surface area contributed by atoms with Gasteiger partial charge in [0.2, 0.25) is 0 Å². The average molecular weight is 740 g/mol. The van der Waals surface area contributed by atoms with Crippen molar-refractivity contribution in [2.24, 2.45) is 10.8 Å². The molecule has 0 saturated heterocycles. The van der Waals surface area contributed by atoms with E-state index in [1.807, 2.05) is 24.3 Å². The van der Waals surface area contributed by atoms with E-state index in [2.05, 4.69) is 135 Å². The zero-order valence-corrected chi connectivity index (χ0v) is 34.6. The Morgan fingerprint density at radius 2 is 1.04 bits per heavy atom. The Labute approximate surface area is 308 Å². The van der Waals surface area contributed by atoms with Crippen LogP contribution in [0.1, 0.15) is 94.9 Å². The molecule has 0 heterocycles. The molecule has 0 aromatic heterocycles. The second-order valence-electron chi connectivity index (χ2n) is 15.3. The molecule has 0 amide bonds. The van der Waals surface area contributed by atoms with Crippen molar-refractivity contribution in [1.82, 2.24) is 0 Å². The zero-order chi connectivity index (χ0) is 38.6. The summed E-state index contributed by atoms with van der Waals surface area (Å²) >= 11 is 0. The lowest BCUT2D eigenvalue weighted by atomic mass is 9.71. The molecule has 1 N–H and O–H groups in total. The molecule has 7 nitrogen and oxygen atoms in total. The summed E-state index contributed by atoms with van der Waals surface area (Å²) in [5.74, 6) is 0. The van der Waals surface area contributed by atoms with Crippen molar-refractivity contribution in [3.8, 4) is 0 Å². The Morgan fingerprint density at radius 1 is 0.686 bits per heavy atom. The number of allylic oxidation sites excluding steroid dienone is 20. The van der Waals surface area contributed by atoms with E-state index in [1.165, 1.54) is 18.3 Å². The minimum Gasteiger partial charge on any atom is -0.779 e. The van der Waals surface area contributed by atoms with Crippen LogP contribution < -0.4 is 4.89 Å². The van der Waals surface area contributed by atoms with Gasteiger partial charge in [-0.25, -0.2) is 4.57 Å².